The van der Waals surface area contributed by atoms with Gasteiger partial charge in [0.05, 0.1) is 5.54 Å². The number of carbonyl (C=O) groups is 1. The minimum Gasteiger partial charge on any atom is -0.350 e. The molecule has 3 rings (SSSR count). The molecule has 0 saturated heterocycles. The maximum absolute atomic E-state index is 12.0. The number of carbonyl (C=O) groups excluding carboxylic acids is 1. The molecule has 2 aliphatic rings. The van der Waals surface area contributed by atoms with Crippen molar-refractivity contribution in [2.24, 2.45) is 5.73 Å². The summed E-state index contributed by atoms with van der Waals surface area (Å²) in [7, 11) is 2.23. The number of nitrogens with zero attached hydrogens (tertiary/aromatic N) is 1. The summed E-state index contributed by atoms with van der Waals surface area (Å²) in [6, 6.07) is 9.11. The van der Waals surface area contributed by atoms with Crippen LogP contribution in [0, 0.1) is 0 Å². The van der Waals surface area contributed by atoms with Crippen LogP contribution in [0.4, 0.5) is 0 Å². The Bertz CT molecular complexity index is 557. The summed E-state index contributed by atoms with van der Waals surface area (Å²) in [5, 5.41) is 3.01. The second kappa shape index (κ2) is 9.77. The normalized spacial score (nSPS) is 18.8. The lowest BCUT2D eigenvalue weighted by Gasteiger charge is -2.31. The van der Waals surface area contributed by atoms with E-state index in [1.165, 1.54) is 43.2 Å². The van der Waals surface area contributed by atoms with Gasteiger partial charge < -0.3 is 11.1 Å². The van der Waals surface area contributed by atoms with Crippen LogP contribution < -0.4 is 11.1 Å². The van der Waals surface area contributed by atoms with Gasteiger partial charge in [-0.2, -0.15) is 0 Å². The second-order valence-corrected chi connectivity index (χ2v) is 7.31. The number of amides is 1. The van der Waals surface area contributed by atoms with Crippen molar-refractivity contribution in [3.63, 3.8) is 0 Å². The van der Waals surface area contributed by atoms with Crippen LogP contribution in [0.3, 0.4) is 0 Å². The highest BCUT2D eigenvalue weighted by atomic mass is 35.5. The number of nitrogens with one attached hydrogen (secondary N) is 1. The first-order valence-electron chi connectivity index (χ1n) is 8.93. The molecule has 25 heavy (non-hydrogen) atoms. The summed E-state index contributed by atoms with van der Waals surface area (Å²) in [6.07, 6.45) is 8.33. The van der Waals surface area contributed by atoms with Gasteiger partial charge in [0.1, 0.15) is 0 Å². The summed E-state index contributed by atoms with van der Waals surface area (Å²) in [4.78, 5) is 14.5. The summed E-state index contributed by atoms with van der Waals surface area (Å²) in [5.41, 5.74) is 7.87. The van der Waals surface area contributed by atoms with E-state index in [4.69, 9.17) is 5.73 Å². The van der Waals surface area contributed by atoms with Crippen molar-refractivity contribution in [1.29, 1.82) is 0 Å². The first kappa shape index (κ1) is 22.2. The zero-order valence-electron chi connectivity index (χ0n) is 15.0. The van der Waals surface area contributed by atoms with E-state index >= 15 is 0 Å². The molecule has 2 saturated carbocycles. The van der Waals surface area contributed by atoms with Crippen molar-refractivity contribution < 1.29 is 4.79 Å². The Kier molecular flexibility index (Phi) is 8.69. The van der Waals surface area contributed by atoms with E-state index < -0.39 is 5.54 Å². The number of hydrogen-bond donors (Lipinski definition) is 2. The van der Waals surface area contributed by atoms with Crippen molar-refractivity contribution in [3.05, 3.63) is 35.4 Å². The number of halogens is 2. The molecule has 142 valence electrons. The molecule has 0 bridgehead atoms. The second-order valence-electron chi connectivity index (χ2n) is 7.31. The van der Waals surface area contributed by atoms with E-state index in [9.17, 15) is 4.79 Å². The Balaban J connectivity index is 0.00000156. The molecule has 0 spiro atoms. The number of hydrogen-bond acceptors (Lipinski definition) is 3. The Labute approximate surface area is 163 Å². The van der Waals surface area contributed by atoms with Crippen molar-refractivity contribution in [2.75, 3.05) is 7.05 Å². The fourth-order valence-electron chi connectivity index (χ4n) is 3.52. The quantitative estimate of drug-likeness (QED) is 0.785. The maximum atomic E-state index is 12.0. The number of nitrogens with two attached hydrogens (primary N) is 1. The number of rotatable bonds is 6. The van der Waals surface area contributed by atoms with Gasteiger partial charge >= 0.3 is 0 Å². The van der Waals surface area contributed by atoms with Crippen molar-refractivity contribution in [1.82, 2.24) is 10.2 Å². The van der Waals surface area contributed by atoms with E-state index in [1.54, 1.807) is 0 Å². The standard InChI is InChI=1S/C19H29N3O.2ClH/c1-22(17-9-3-2-4-10-17)14-16-8-6-5-7-15(16)13-21-18(23)19(20)11-12-19;;/h5-8,17H,2-4,9-14,20H2,1H3,(H,21,23);2*1H. The average Bonchev–Trinajstić information content (AvgIpc) is 3.33. The molecule has 0 heterocycles. The average molecular weight is 388 g/mol. The Hall–Kier alpha value is -0.810. The highest BCUT2D eigenvalue weighted by Crippen LogP contribution is 2.32. The molecule has 4 nitrogen and oxygen atoms in total. The third-order valence-electron chi connectivity index (χ3n) is 5.42. The van der Waals surface area contributed by atoms with E-state index in [2.05, 4.69) is 35.5 Å². The predicted octanol–water partition coefficient (Wildman–Crippen LogP) is 3.40. The molecule has 1 aromatic carbocycles. The lowest BCUT2D eigenvalue weighted by atomic mass is 9.94. The Morgan fingerprint density at radius 3 is 2.36 bits per heavy atom. The van der Waals surface area contributed by atoms with Crippen LogP contribution in [0.15, 0.2) is 24.3 Å². The highest BCUT2D eigenvalue weighted by Gasteiger charge is 2.45. The van der Waals surface area contributed by atoms with Gasteiger partial charge in [-0.1, -0.05) is 43.5 Å². The largest absolute Gasteiger partial charge is 0.350 e. The molecule has 0 atom stereocenters. The van der Waals surface area contributed by atoms with Crippen LogP contribution in [-0.2, 0) is 17.9 Å². The molecule has 3 N–H and O–H groups in total. The van der Waals surface area contributed by atoms with Crippen LogP contribution in [0.5, 0.6) is 0 Å². The highest BCUT2D eigenvalue weighted by molar-refractivity contribution is 5.88. The van der Waals surface area contributed by atoms with E-state index in [0.29, 0.717) is 12.6 Å². The molecular formula is C19H31Cl2N3O. The summed E-state index contributed by atoms with van der Waals surface area (Å²) in [6.45, 7) is 1.52. The zero-order chi connectivity index (χ0) is 16.3. The zero-order valence-corrected chi connectivity index (χ0v) is 16.6. The first-order valence-corrected chi connectivity index (χ1v) is 8.93. The monoisotopic (exact) mass is 387 g/mol. The Morgan fingerprint density at radius 1 is 1.16 bits per heavy atom. The molecule has 0 radical (unpaired) electrons. The molecule has 0 aromatic heterocycles. The van der Waals surface area contributed by atoms with Gasteiger partial charge in [0.2, 0.25) is 5.91 Å². The van der Waals surface area contributed by atoms with Crippen LogP contribution in [-0.4, -0.2) is 29.4 Å². The van der Waals surface area contributed by atoms with Gasteiger partial charge in [-0.05, 0) is 43.9 Å². The fraction of sp³-hybridized carbons (Fsp3) is 0.632. The molecule has 0 unspecified atom stereocenters. The van der Waals surface area contributed by atoms with Gasteiger partial charge in [-0.15, -0.1) is 24.8 Å². The lowest BCUT2D eigenvalue weighted by molar-refractivity contribution is -0.123. The van der Waals surface area contributed by atoms with E-state index in [1.807, 2.05) is 6.07 Å². The summed E-state index contributed by atoms with van der Waals surface area (Å²) in [5.74, 6) is -0.00654. The van der Waals surface area contributed by atoms with Crippen LogP contribution in [0.2, 0.25) is 0 Å². The lowest BCUT2D eigenvalue weighted by Crippen LogP contribution is -2.42. The molecule has 1 amide bonds. The summed E-state index contributed by atoms with van der Waals surface area (Å²) >= 11 is 0. The third kappa shape index (κ3) is 5.85. The minimum atomic E-state index is -0.589. The predicted molar refractivity (Wildman–Crippen MR) is 107 cm³/mol. The van der Waals surface area contributed by atoms with Crippen molar-refractivity contribution in [2.45, 2.75) is 69.6 Å². The number of benzene rings is 1. The smallest absolute Gasteiger partial charge is 0.240 e. The van der Waals surface area contributed by atoms with Crippen LogP contribution in [0.25, 0.3) is 0 Å². The molecule has 1 aromatic rings. The van der Waals surface area contributed by atoms with Crippen LogP contribution >= 0.6 is 24.8 Å². The molecule has 0 aliphatic heterocycles. The van der Waals surface area contributed by atoms with Gasteiger partial charge in [0.25, 0.3) is 0 Å². The SMILES string of the molecule is CN(Cc1ccccc1CNC(=O)C1(N)CC1)C1CCCCC1.Cl.Cl. The van der Waals surface area contributed by atoms with Gasteiger partial charge in [-0.25, -0.2) is 0 Å². The molecule has 2 fully saturated rings. The summed E-state index contributed by atoms with van der Waals surface area (Å²) < 4.78 is 0. The first-order chi connectivity index (χ1) is 11.1. The Morgan fingerprint density at radius 2 is 1.76 bits per heavy atom. The van der Waals surface area contributed by atoms with Crippen molar-refractivity contribution in [3.8, 4) is 0 Å². The van der Waals surface area contributed by atoms with Crippen molar-refractivity contribution >= 4 is 30.7 Å². The minimum absolute atomic E-state index is 0. The van der Waals surface area contributed by atoms with Gasteiger partial charge in [0, 0.05) is 19.1 Å². The van der Waals surface area contributed by atoms with E-state index in [0.717, 1.165) is 19.4 Å². The molecule has 6 heteroatoms. The fourth-order valence-corrected chi connectivity index (χ4v) is 3.52. The van der Waals surface area contributed by atoms with E-state index in [-0.39, 0.29) is 30.7 Å². The third-order valence-corrected chi connectivity index (χ3v) is 5.42. The topological polar surface area (TPSA) is 58.4 Å². The molecule has 2 aliphatic carbocycles. The van der Waals surface area contributed by atoms with Gasteiger partial charge in [0.15, 0.2) is 0 Å². The maximum Gasteiger partial charge on any atom is 0.240 e. The van der Waals surface area contributed by atoms with Gasteiger partial charge in [-0.3, -0.25) is 9.69 Å². The van der Waals surface area contributed by atoms with Crippen LogP contribution in [0.1, 0.15) is 56.1 Å². The molecular weight excluding hydrogens is 357 g/mol.